The van der Waals surface area contributed by atoms with Gasteiger partial charge in [0.15, 0.2) is 0 Å². The SMILES string of the molecule is COC1(c2noc([C@@H]3CC=CC[C@@H]3C(=O)O)n2)CCCC1. The van der Waals surface area contributed by atoms with E-state index in [1.807, 2.05) is 12.2 Å². The summed E-state index contributed by atoms with van der Waals surface area (Å²) in [6.45, 7) is 0. The van der Waals surface area contributed by atoms with Gasteiger partial charge in [-0.3, -0.25) is 4.79 Å². The molecule has 0 aromatic carbocycles. The number of aliphatic carboxylic acids is 1. The molecule has 0 unspecified atom stereocenters. The van der Waals surface area contributed by atoms with Crippen LogP contribution in [0.2, 0.25) is 0 Å². The number of carboxylic acids is 1. The van der Waals surface area contributed by atoms with Crippen molar-refractivity contribution in [3.05, 3.63) is 23.9 Å². The van der Waals surface area contributed by atoms with Crippen molar-refractivity contribution in [3.63, 3.8) is 0 Å². The number of aromatic nitrogens is 2. The van der Waals surface area contributed by atoms with Crippen molar-refractivity contribution in [2.75, 3.05) is 7.11 Å². The smallest absolute Gasteiger partial charge is 0.307 e. The molecule has 0 radical (unpaired) electrons. The summed E-state index contributed by atoms with van der Waals surface area (Å²) in [4.78, 5) is 15.9. The Morgan fingerprint density at radius 1 is 1.38 bits per heavy atom. The Bertz CT molecular complexity index is 546. The van der Waals surface area contributed by atoms with Gasteiger partial charge < -0.3 is 14.4 Å². The molecule has 0 saturated heterocycles. The Hall–Kier alpha value is -1.69. The van der Waals surface area contributed by atoms with E-state index in [1.54, 1.807) is 7.11 Å². The van der Waals surface area contributed by atoms with Crippen molar-refractivity contribution in [3.8, 4) is 0 Å². The van der Waals surface area contributed by atoms with Crippen LogP contribution in [0.3, 0.4) is 0 Å². The molecule has 114 valence electrons. The number of rotatable bonds is 4. The van der Waals surface area contributed by atoms with Crippen LogP contribution in [0.4, 0.5) is 0 Å². The first kappa shape index (κ1) is 14.3. The lowest BCUT2D eigenvalue weighted by Crippen LogP contribution is -2.27. The minimum Gasteiger partial charge on any atom is -0.481 e. The lowest BCUT2D eigenvalue weighted by Gasteiger charge is -2.23. The van der Waals surface area contributed by atoms with Crippen LogP contribution in [0, 0.1) is 5.92 Å². The minimum atomic E-state index is -0.813. The van der Waals surface area contributed by atoms with E-state index in [1.165, 1.54) is 0 Å². The van der Waals surface area contributed by atoms with Gasteiger partial charge in [-0.15, -0.1) is 0 Å². The number of nitrogens with zero attached hydrogens (tertiary/aromatic N) is 2. The number of methoxy groups -OCH3 is 1. The molecule has 6 heteroatoms. The van der Waals surface area contributed by atoms with Gasteiger partial charge in [-0.05, 0) is 38.5 Å². The molecular formula is C15H20N2O4. The zero-order valence-corrected chi connectivity index (χ0v) is 12.1. The van der Waals surface area contributed by atoms with Crippen molar-refractivity contribution < 1.29 is 19.2 Å². The summed E-state index contributed by atoms with van der Waals surface area (Å²) in [6.07, 6.45) is 8.95. The van der Waals surface area contributed by atoms with E-state index in [4.69, 9.17) is 9.26 Å². The standard InChI is InChI=1S/C15H20N2O4/c1-20-15(8-4-5-9-15)14-16-12(21-17-14)10-6-2-3-7-11(10)13(18)19/h2-3,10-11H,4-9H2,1H3,(H,18,19)/t10-,11+/m1/s1. The van der Waals surface area contributed by atoms with Crippen LogP contribution in [0.15, 0.2) is 16.7 Å². The molecule has 0 aliphatic heterocycles. The van der Waals surface area contributed by atoms with Crippen LogP contribution in [0.5, 0.6) is 0 Å². The Balaban J connectivity index is 1.87. The summed E-state index contributed by atoms with van der Waals surface area (Å²) in [5.41, 5.74) is -0.453. The van der Waals surface area contributed by atoms with Gasteiger partial charge in [0.05, 0.1) is 11.8 Å². The second kappa shape index (κ2) is 5.60. The predicted octanol–water partition coefficient (Wildman–Crippen LogP) is 2.62. The van der Waals surface area contributed by atoms with Crippen molar-refractivity contribution in [1.29, 1.82) is 0 Å². The molecule has 1 heterocycles. The van der Waals surface area contributed by atoms with Crippen LogP contribution < -0.4 is 0 Å². The lowest BCUT2D eigenvalue weighted by molar-refractivity contribution is -0.142. The third kappa shape index (κ3) is 2.48. The van der Waals surface area contributed by atoms with Gasteiger partial charge in [0.2, 0.25) is 11.7 Å². The number of ether oxygens (including phenoxy) is 1. The molecule has 2 aliphatic carbocycles. The molecule has 1 N–H and O–H groups in total. The Morgan fingerprint density at radius 3 is 2.76 bits per heavy atom. The Labute approximate surface area is 123 Å². The summed E-state index contributed by atoms with van der Waals surface area (Å²) in [5, 5.41) is 13.4. The van der Waals surface area contributed by atoms with E-state index >= 15 is 0 Å². The van der Waals surface area contributed by atoms with Gasteiger partial charge in [0.25, 0.3) is 0 Å². The van der Waals surface area contributed by atoms with E-state index < -0.39 is 17.5 Å². The number of hydrogen-bond donors (Lipinski definition) is 1. The highest BCUT2D eigenvalue weighted by atomic mass is 16.5. The maximum absolute atomic E-state index is 11.4. The van der Waals surface area contributed by atoms with Crippen molar-refractivity contribution in [2.24, 2.45) is 5.92 Å². The molecule has 3 rings (SSSR count). The van der Waals surface area contributed by atoms with Crippen LogP contribution in [0.1, 0.15) is 56.2 Å². The fourth-order valence-electron chi connectivity index (χ4n) is 3.40. The summed E-state index contributed by atoms with van der Waals surface area (Å²) in [5.74, 6) is -0.567. The first-order valence-corrected chi connectivity index (χ1v) is 7.43. The summed E-state index contributed by atoms with van der Waals surface area (Å²) in [7, 11) is 1.67. The normalized spacial score (nSPS) is 27.9. The molecule has 21 heavy (non-hydrogen) atoms. The molecule has 1 aromatic rings. The maximum atomic E-state index is 11.4. The number of carbonyl (C=O) groups is 1. The number of hydrogen-bond acceptors (Lipinski definition) is 5. The van der Waals surface area contributed by atoms with Crippen molar-refractivity contribution >= 4 is 5.97 Å². The van der Waals surface area contributed by atoms with Crippen LogP contribution in [-0.4, -0.2) is 28.3 Å². The van der Waals surface area contributed by atoms with Gasteiger partial charge >= 0.3 is 5.97 Å². The van der Waals surface area contributed by atoms with Gasteiger partial charge in [0.1, 0.15) is 5.60 Å². The highest BCUT2D eigenvalue weighted by molar-refractivity contribution is 5.71. The summed E-state index contributed by atoms with van der Waals surface area (Å²) < 4.78 is 11.0. The van der Waals surface area contributed by atoms with E-state index in [-0.39, 0.29) is 5.92 Å². The van der Waals surface area contributed by atoms with E-state index in [2.05, 4.69) is 10.1 Å². The second-order valence-electron chi connectivity index (χ2n) is 5.86. The van der Waals surface area contributed by atoms with Gasteiger partial charge in [0, 0.05) is 7.11 Å². The van der Waals surface area contributed by atoms with Crippen molar-refractivity contribution in [1.82, 2.24) is 10.1 Å². The van der Waals surface area contributed by atoms with E-state index in [0.717, 1.165) is 25.7 Å². The second-order valence-corrected chi connectivity index (χ2v) is 5.86. The highest BCUT2D eigenvalue weighted by Gasteiger charge is 2.42. The lowest BCUT2D eigenvalue weighted by atomic mass is 9.83. The third-order valence-electron chi connectivity index (χ3n) is 4.72. The zero-order chi connectivity index (χ0) is 14.9. The monoisotopic (exact) mass is 292 g/mol. The third-order valence-corrected chi connectivity index (χ3v) is 4.72. The molecule has 1 aromatic heterocycles. The quantitative estimate of drug-likeness (QED) is 0.859. The average molecular weight is 292 g/mol. The Morgan fingerprint density at radius 2 is 2.10 bits per heavy atom. The van der Waals surface area contributed by atoms with Crippen LogP contribution in [-0.2, 0) is 15.1 Å². The van der Waals surface area contributed by atoms with Crippen LogP contribution >= 0.6 is 0 Å². The molecule has 6 nitrogen and oxygen atoms in total. The number of allylic oxidation sites excluding steroid dienone is 2. The fourth-order valence-corrected chi connectivity index (χ4v) is 3.40. The maximum Gasteiger partial charge on any atom is 0.307 e. The first-order chi connectivity index (χ1) is 10.2. The first-order valence-electron chi connectivity index (χ1n) is 7.43. The van der Waals surface area contributed by atoms with Gasteiger partial charge in [-0.2, -0.15) is 4.98 Å². The zero-order valence-electron chi connectivity index (χ0n) is 12.1. The van der Waals surface area contributed by atoms with E-state index in [0.29, 0.717) is 24.6 Å². The molecule has 1 fully saturated rings. The molecular weight excluding hydrogens is 272 g/mol. The topological polar surface area (TPSA) is 85.5 Å². The summed E-state index contributed by atoms with van der Waals surface area (Å²) >= 11 is 0. The molecule has 1 saturated carbocycles. The largest absolute Gasteiger partial charge is 0.481 e. The van der Waals surface area contributed by atoms with Gasteiger partial charge in [-0.1, -0.05) is 17.3 Å². The van der Waals surface area contributed by atoms with E-state index in [9.17, 15) is 9.90 Å². The summed E-state index contributed by atoms with van der Waals surface area (Å²) in [6, 6.07) is 0. The molecule has 0 bridgehead atoms. The molecule has 2 aliphatic rings. The fraction of sp³-hybridized carbons (Fsp3) is 0.667. The van der Waals surface area contributed by atoms with Crippen LogP contribution in [0.25, 0.3) is 0 Å². The Kier molecular flexibility index (Phi) is 3.80. The van der Waals surface area contributed by atoms with Gasteiger partial charge in [-0.25, -0.2) is 0 Å². The highest BCUT2D eigenvalue weighted by Crippen LogP contribution is 2.41. The van der Waals surface area contributed by atoms with Crippen molar-refractivity contribution in [2.45, 2.75) is 50.0 Å². The molecule has 2 atom stereocenters. The predicted molar refractivity (Wildman–Crippen MR) is 73.7 cm³/mol. The average Bonchev–Trinajstić information content (AvgIpc) is 3.17. The molecule has 0 amide bonds. The minimum absolute atomic E-state index is 0.246. The molecule has 0 spiro atoms. The number of carboxylic acid groups (broad SMARTS) is 1.